The number of ether oxygens (including phenoxy) is 1. The normalized spacial score (nSPS) is 21.8. The molecule has 4 heteroatoms. The van der Waals surface area contributed by atoms with E-state index in [-0.39, 0.29) is 12.5 Å². The molecule has 0 unspecified atom stereocenters. The molecule has 4 nitrogen and oxygen atoms in total. The van der Waals surface area contributed by atoms with Gasteiger partial charge in [0.25, 0.3) is 0 Å². The third-order valence-electron chi connectivity index (χ3n) is 3.49. The molecule has 0 atom stereocenters. The van der Waals surface area contributed by atoms with Crippen molar-refractivity contribution in [2.75, 3.05) is 11.9 Å². The monoisotopic (exact) mass is 263 g/mol. The lowest BCUT2D eigenvalue weighted by Gasteiger charge is -2.34. The van der Waals surface area contributed by atoms with E-state index in [1.54, 1.807) is 0 Å². The van der Waals surface area contributed by atoms with Gasteiger partial charge >= 0.3 is 0 Å². The molecular formula is C15H21NO3. The van der Waals surface area contributed by atoms with Gasteiger partial charge in [-0.05, 0) is 43.4 Å². The molecule has 0 spiro atoms. The fraction of sp³-hybridized carbons (Fsp3) is 0.533. The molecular weight excluding hydrogens is 242 g/mol. The first kappa shape index (κ1) is 14.0. The van der Waals surface area contributed by atoms with E-state index in [9.17, 15) is 4.79 Å². The number of aliphatic hydroxyl groups is 1. The summed E-state index contributed by atoms with van der Waals surface area (Å²) in [6.45, 7) is 2.77. The number of aliphatic hydroxyl groups excluding tert-OH is 1. The number of carbonyl (C=O) groups excluding carboxylic acids is 1. The number of carbonyl (C=O) groups is 1. The summed E-state index contributed by atoms with van der Waals surface area (Å²) in [6.07, 6.45) is 2.90. The molecule has 1 amide bonds. The number of benzene rings is 1. The van der Waals surface area contributed by atoms with Crippen molar-refractivity contribution in [1.29, 1.82) is 0 Å². The quantitative estimate of drug-likeness (QED) is 0.828. The van der Waals surface area contributed by atoms with Gasteiger partial charge in [-0.1, -0.05) is 12.1 Å². The molecule has 2 rings (SSSR count). The van der Waals surface area contributed by atoms with E-state index >= 15 is 0 Å². The molecule has 0 heterocycles. The third kappa shape index (κ3) is 4.04. The van der Waals surface area contributed by atoms with E-state index in [0.29, 0.717) is 18.4 Å². The van der Waals surface area contributed by atoms with Crippen LogP contribution >= 0.6 is 0 Å². The van der Waals surface area contributed by atoms with Gasteiger partial charge in [0.2, 0.25) is 5.91 Å². The summed E-state index contributed by atoms with van der Waals surface area (Å²) >= 11 is 0. The van der Waals surface area contributed by atoms with Crippen LogP contribution in [0.15, 0.2) is 24.3 Å². The molecule has 1 aliphatic carbocycles. The minimum atomic E-state index is 0.0229. The van der Waals surface area contributed by atoms with Gasteiger partial charge in [0.05, 0.1) is 12.7 Å². The lowest BCUT2D eigenvalue weighted by Crippen LogP contribution is -2.33. The Labute approximate surface area is 113 Å². The fourth-order valence-electron chi connectivity index (χ4n) is 2.38. The van der Waals surface area contributed by atoms with Crippen molar-refractivity contribution in [1.82, 2.24) is 0 Å². The number of hydrogen-bond acceptors (Lipinski definition) is 3. The summed E-state index contributed by atoms with van der Waals surface area (Å²) in [6, 6.07) is 7.24. The second kappa shape index (κ2) is 6.68. The highest BCUT2D eigenvalue weighted by Gasteiger charge is 2.30. The van der Waals surface area contributed by atoms with Crippen LogP contribution < -0.4 is 5.32 Å². The van der Waals surface area contributed by atoms with Gasteiger partial charge in [-0.15, -0.1) is 0 Å². The van der Waals surface area contributed by atoms with Crippen molar-refractivity contribution in [3.05, 3.63) is 29.8 Å². The highest BCUT2D eigenvalue weighted by molar-refractivity contribution is 5.90. The Hall–Kier alpha value is -1.39. The Balaban J connectivity index is 1.72. The molecule has 1 aromatic rings. The Kier molecular flexibility index (Phi) is 4.93. The van der Waals surface area contributed by atoms with Gasteiger partial charge in [-0.25, -0.2) is 0 Å². The maximum atomic E-state index is 11.8. The minimum Gasteiger partial charge on any atom is -0.392 e. The number of rotatable bonds is 6. The van der Waals surface area contributed by atoms with E-state index in [0.717, 1.165) is 30.7 Å². The molecule has 0 radical (unpaired) electrons. The average molecular weight is 263 g/mol. The second-order valence-corrected chi connectivity index (χ2v) is 5.02. The number of nitrogens with one attached hydrogen (secondary N) is 1. The maximum Gasteiger partial charge on any atom is 0.224 e. The largest absolute Gasteiger partial charge is 0.392 e. The van der Waals surface area contributed by atoms with E-state index < -0.39 is 0 Å². The topological polar surface area (TPSA) is 58.6 Å². The molecule has 1 fully saturated rings. The van der Waals surface area contributed by atoms with Crippen molar-refractivity contribution in [2.24, 2.45) is 5.92 Å². The summed E-state index contributed by atoms with van der Waals surface area (Å²) in [4.78, 5) is 11.8. The zero-order chi connectivity index (χ0) is 13.7. The Morgan fingerprint density at radius 3 is 2.63 bits per heavy atom. The lowest BCUT2D eigenvalue weighted by atomic mass is 9.80. The standard InChI is InChI=1S/C15H21NO3/c1-2-19-14-7-12(8-14)9-15(18)16-13-5-3-11(10-17)4-6-13/h3-6,12,14,17H,2,7-10H2,1H3,(H,16,18). The van der Waals surface area contributed by atoms with Gasteiger partial charge in [0, 0.05) is 18.7 Å². The van der Waals surface area contributed by atoms with Crippen LogP contribution in [0.25, 0.3) is 0 Å². The Morgan fingerprint density at radius 2 is 2.05 bits per heavy atom. The van der Waals surface area contributed by atoms with Gasteiger partial charge in [-0.3, -0.25) is 4.79 Å². The van der Waals surface area contributed by atoms with Crippen LogP contribution in [0, 0.1) is 5.92 Å². The molecule has 1 aliphatic rings. The van der Waals surface area contributed by atoms with Crippen LogP contribution in [0.4, 0.5) is 5.69 Å². The van der Waals surface area contributed by atoms with E-state index in [2.05, 4.69) is 5.32 Å². The summed E-state index contributed by atoms with van der Waals surface area (Å²) in [5, 5.41) is 11.8. The van der Waals surface area contributed by atoms with Gasteiger partial charge in [0.1, 0.15) is 0 Å². The van der Waals surface area contributed by atoms with Crippen molar-refractivity contribution in [3.8, 4) is 0 Å². The maximum absolute atomic E-state index is 11.8. The predicted octanol–water partition coefficient (Wildman–Crippen LogP) is 2.32. The third-order valence-corrected chi connectivity index (χ3v) is 3.49. The minimum absolute atomic E-state index is 0.0229. The van der Waals surface area contributed by atoms with Crippen molar-refractivity contribution < 1.29 is 14.6 Å². The molecule has 1 aromatic carbocycles. The van der Waals surface area contributed by atoms with E-state index in [1.807, 2.05) is 31.2 Å². The lowest BCUT2D eigenvalue weighted by molar-refractivity contribution is -0.119. The summed E-state index contributed by atoms with van der Waals surface area (Å²) in [5.74, 6) is 0.505. The highest BCUT2D eigenvalue weighted by atomic mass is 16.5. The molecule has 0 aliphatic heterocycles. The van der Waals surface area contributed by atoms with Gasteiger partial charge in [-0.2, -0.15) is 0 Å². The zero-order valence-electron chi connectivity index (χ0n) is 11.3. The molecule has 0 bridgehead atoms. The molecule has 1 saturated carbocycles. The van der Waals surface area contributed by atoms with Crippen LogP contribution in [0.5, 0.6) is 0 Å². The number of amides is 1. The molecule has 0 aromatic heterocycles. The summed E-state index contributed by atoms with van der Waals surface area (Å²) in [5.41, 5.74) is 1.62. The molecule has 0 saturated heterocycles. The van der Waals surface area contributed by atoms with E-state index in [4.69, 9.17) is 9.84 Å². The number of hydrogen-bond donors (Lipinski definition) is 2. The van der Waals surface area contributed by atoms with Crippen LogP contribution in [0.1, 0.15) is 31.7 Å². The highest BCUT2D eigenvalue weighted by Crippen LogP contribution is 2.32. The Bertz CT molecular complexity index is 410. The first-order valence-electron chi connectivity index (χ1n) is 6.82. The van der Waals surface area contributed by atoms with Gasteiger partial charge < -0.3 is 15.2 Å². The molecule has 104 valence electrons. The Morgan fingerprint density at radius 1 is 1.37 bits per heavy atom. The fourth-order valence-corrected chi connectivity index (χ4v) is 2.38. The molecule has 19 heavy (non-hydrogen) atoms. The van der Waals surface area contributed by atoms with Crippen LogP contribution in [-0.4, -0.2) is 23.7 Å². The van der Waals surface area contributed by atoms with Crippen LogP contribution in [0.3, 0.4) is 0 Å². The van der Waals surface area contributed by atoms with E-state index in [1.165, 1.54) is 0 Å². The zero-order valence-corrected chi connectivity index (χ0v) is 11.3. The van der Waals surface area contributed by atoms with Crippen molar-refractivity contribution in [3.63, 3.8) is 0 Å². The molecule has 2 N–H and O–H groups in total. The predicted molar refractivity (Wildman–Crippen MR) is 73.7 cm³/mol. The van der Waals surface area contributed by atoms with Crippen molar-refractivity contribution in [2.45, 2.75) is 38.9 Å². The smallest absolute Gasteiger partial charge is 0.224 e. The van der Waals surface area contributed by atoms with Gasteiger partial charge in [0.15, 0.2) is 0 Å². The SMILES string of the molecule is CCOC1CC(CC(=O)Nc2ccc(CO)cc2)C1. The second-order valence-electron chi connectivity index (χ2n) is 5.02. The average Bonchev–Trinajstić information content (AvgIpc) is 2.37. The van der Waals surface area contributed by atoms with Crippen LogP contribution in [0.2, 0.25) is 0 Å². The van der Waals surface area contributed by atoms with Crippen molar-refractivity contribution >= 4 is 11.6 Å². The summed E-state index contributed by atoms with van der Waals surface area (Å²) < 4.78 is 5.48. The first-order chi connectivity index (χ1) is 9.21. The van der Waals surface area contributed by atoms with Crippen LogP contribution in [-0.2, 0) is 16.1 Å². The summed E-state index contributed by atoms with van der Waals surface area (Å²) in [7, 11) is 0. The number of anilines is 1. The first-order valence-corrected chi connectivity index (χ1v) is 6.82.